The summed E-state index contributed by atoms with van der Waals surface area (Å²) < 4.78 is 0. The molecule has 1 atom stereocenters. The van der Waals surface area contributed by atoms with E-state index in [1.54, 1.807) is 24.3 Å². The third-order valence-electron chi connectivity index (χ3n) is 5.63. The number of carbonyl (C=O) groups excluding carboxylic acids is 3. The fraction of sp³-hybridized carbons (Fsp3) is 0.304. The molecule has 8 nitrogen and oxygen atoms in total. The molecule has 0 fully saturated rings. The van der Waals surface area contributed by atoms with Crippen LogP contribution in [0, 0.1) is 0 Å². The molecule has 0 saturated heterocycles. The minimum atomic E-state index is -0.316. The van der Waals surface area contributed by atoms with Gasteiger partial charge in [0.05, 0.1) is 11.1 Å². The van der Waals surface area contributed by atoms with Gasteiger partial charge >= 0.3 is 0 Å². The summed E-state index contributed by atoms with van der Waals surface area (Å²) in [5, 5.41) is 12.1. The van der Waals surface area contributed by atoms with Crippen LogP contribution in [0.5, 0.6) is 0 Å². The molecule has 0 unspecified atom stereocenters. The lowest BCUT2D eigenvalue weighted by molar-refractivity contribution is 0.0655. The van der Waals surface area contributed by atoms with Crippen molar-refractivity contribution < 1.29 is 14.4 Å². The van der Waals surface area contributed by atoms with Crippen LogP contribution in [0.4, 0.5) is 0 Å². The molecule has 2 heterocycles. The number of carbonyl (C=O) groups is 3. The minimum Gasteiger partial charge on any atom is -0.292 e. The van der Waals surface area contributed by atoms with Crippen molar-refractivity contribution in [3.8, 4) is 0 Å². The highest BCUT2D eigenvalue weighted by Gasteiger charge is 2.34. The Labute approximate surface area is 179 Å². The lowest BCUT2D eigenvalue weighted by atomic mass is 9.97. The van der Waals surface area contributed by atoms with Crippen LogP contribution in [0.2, 0.25) is 0 Å². The van der Waals surface area contributed by atoms with Crippen LogP contribution in [-0.2, 0) is 13.0 Å². The number of rotatable bonds is 8. The molecule has 0 spiro atoms. The monoisotopic (exact) mass is 417 g/mol. The molecular weight excluding hydrogens is 394 g/mol. The van der Waals surface area contributed by atoms with Crippen LogP contribution in [0.1, 0.15) is 68.6 Å². The smallest absolute Gasteiger partial charge is 0.261 e. The number of aromatic nitrogens is 4. The fourth-order valence-corrected chi connectivity index (χ4v) is 3.55. The average molecular weight is 417 g/mol. The molecule has 1 aromatic heterocycles. The van der Waals surface area contributed by atoms with Crippen LogP contribution in [0.25, 0.3) is 0 Å². The van der Waals surface area contributed by atoms with Gasteiger partial charge in [0.25, 0.3) is 11.8 Å². The highest BCUT2D eigenvalue weighted by Crippen LogP contribution is 2.22. The Morgan fingerprint density at radius 2 is 1.65 bits per heavy atom. The van der Waals surface area contributed by atoms with E-state index in [4.69, 9.17) is 0 Å². The van der Waals surface area contributed by atoms with Gasteiger partial charge in [-0.05, 0) is 35.2 Å². The van der Waals surface area contributed by atoms with E-state index in [0.29, 0.717) is 28.4 Å². The molecule has 0 radical (unpaired) electrons. The summed E-state index contributed by atoms with van der Waals surface area (Å²) in [7, 11) is 0. The summed E-state index contributed by atoms with van der Waals surface area (Å²) in [5.41, 5.74) is 2.62. The molecule has 31 heavy (non-hydrogen) atoms. The standard InChI is InChI=1S/C23H23N5O3/c1-3-15(2)16-8-10-17(11-9-16)20(29)14-28-25-21(24-26-28)12-13-27-22(30)18-6-4-5-7-19(18)23(27)31/h4-11,15H,3,12-14H2,1-2H3/t15-/m0/s1. The van der Waals surface area contributed by atoms with E-state index in [-0.39, 0.29) is 37.1 Å². The summed E-state index contributed by atoms with van der Waals surface area (Å²) in [6.45, 7) is 4.41. The van der Waals surface area contributed by atoms with Gasteiger partial charge in [0, 0.05) is 18.5 Å². The minimum absolute atomic E-state index is 0.0251. The molecule has 4 rings (SSSR count). The van der Waals surface area contributed by atoms with Crippen LogP contribution < -0.4 is 0 Å². The van der Waals surface area contributed by atoms with Crippen molar-refractivity contribution in [2.75, 3.05) is 6.54 Å². The summed E-state index contributed by atoms with van der Waals surface area (Å²) >= 11 is 0. The van der Waals surface area contributed by atoms with Crippen molar-refractivity contribution in [3.63, 3.8) is 0 Å². The zero-order valence-electron chi connectivity index (χ0n) is 17.5. The number of fused-ring (bicyclic) bond motifs is 1. The van der Waals surface area contributed by atoms with E-state index >= 15 is 0 Å². The topological polar surface area (TPSA) is 98.0 Å². The first kappa shape index (κ1) is 20.6. The second kappa shape index (κ2) is 8.59. The highest BCUT2D eigenvalue weighted by atomic mass is 16.2. The van der Waals surface area contributed by atoms with Crippen molar-refractivity contribution in [1.29, 1.82) is 0 Å². The summed E-state index contributed by atoms with van der Waals surface area (Å²) in [6, 6.07) is 14.3. The second-order valence-electron chi connectivity index (χ2n) is 7.65. The predicted octanol–water partition coefficient (Wildman–Crippen LogP) is 2.91. The molecule has 2 amide bonds. The predicted molar refractivity (Wildman–Crippen MR) is 113 cm³/mol. The van der Waals surface area contributed by atoms with Gasteiger partial charge in [-0.15, -0.1) is 10.2 Å². The molecule has 0 bridgehead atoms. The lowest BCUT2D eigenvalue weighted by Crippen LogP contribution is -2.32. The number of benzene rings is 2. The quantitative estimate of drug-likeness (QED) is 0.413. The number of Topliss-reactive ketones (excluding diaryl/α,β-unsaturated/α-hetero) is 1. The normalized spacial score (nSPS) is 14.1. The molecule has 1 aliphatic heterocycles. The van der Waals surface area contributed by atoms with Crippen molar-refractivity contribution in [2.45, 2.75) is 39.2 Å². The van der Waals surface area contributed by atoms with Crippen LogP contribution in [0.3, 0.4) is 0 Å². The van der Waals surface area contributed by atoms with E-state index < -0.39 is 0 Å². The highest BCUT2D eigenvalue weighted by molar-refractivity contribution is 6.21. The Morgan fingerprint density at radius 1 is 1.00 bits per heavy atom. The van der Waals surface area contributed by atoms with E-state index in [1.165, 1.54) is 15.3 Å². The van der Waals surface area contributed by atoms with Gasteiger partial charge in [0.1, 0.15) is 6.54 Å². The van der Waals surface area contributed by atoms with Gasteiger partial charge in [-0.25, -0.2) is 0 Å². The van der Waals surface area contributed by atoms with Crippen molar-refractivity contribution in [1.82, 2.24) is 25.1 Å². The Morgan fingerprint density at radius 3 is 2.26 bits per heavy atom. The van der Waals surface area contributed by atoms with Crippen LogP contribution in [-0.4, -0.2) is 49.2 Å². The molecule has 0 saturated carbocycles. The fourth-order valence-electron chi connectivity index (χ4n) is 3.55. The number of tetrazole rings is 1. The molecular formula is C23H23N5O3. The summed E-state index contributed by atoms with van der Waals surface area (Å²) in [4.78, 5) is 39.8. The Balaban J connectivity index is 1.35. The van der Waals surface area contributed by atoms with Crippen LogP contribution in [0.15, 0.2) is 48.5 Å². The molecule has 0 N–H and O–H groups in total. The number of hydrogen-bond donors (Lipinski definition) is 0. The maximum absolute atomic E-state index is 12.5. The third-order valence-corrected chi connectivity index (χ3v) is 5.63. The van der Waals surface area contributed by atoms with Gasteiger partial charge in [-0.2, -0.15) is 4.80 Å². The summed E-state index contributed by atoms with van der Waals surface area (Å²) in [6.07, 6.45) is 1.31. The number of ketones is 1. The Hall–Kier alpha value is -3.68. The van der Waals surface area contributed by atoms with Crippen LogP contribution >= 0.6 is 0 Å². The van der Waals surface area contributed by atoms with Gasteiger partial charge in [-0.3, -0.25) is 19.3 Å². The van der Waals surface area contributed by atoms with E-state index in [2.05, 4.69) is 29.3 Å². The maximum atomic E-state index is 12.5. The largest absolute Gasteiger partial charge is 0.292 e. The molecule has 158 valence electrons. The molecule has 8 heteroatoms. The van der Waals surface area contributed by atoms with Crippen molar-refractivity contribution in [2.24, 2.45) is 0 Å². The Kier molecular flexibility index (Phi) is 5.70. The van der Waals surface area contributed by atoms with E-state index in [0.717, 1.165) is 6.42 Å². The third kappa shape index (κ3) is 4.14. The summed E-state index contributed by atoms with van der Waals surface area (Å²) in [5.74, 6) is 0.0790. The molecule has 1 aliphatic rings. The van der Waals surface area contributed by atoms with Gasteiger partial charge in [0.2, 0.25) is 0 Å². The van der Waals surface area contributed by atoms with E-state index in [9.17, 15) is 14.4 Å². The SMILES string of the molecule is CC[C@H](C)c1ccc(C(=O)Cn2nnc(CCN3C(=O)c4ccccc4C3=O)n2)cc1. The number of hydrogen-bond acceptors (Lipinski definition) is 6. The average Bonchev–Trinajstić information content (AvgIpc) is 3.34. The molecule has 2 aromatic carbocycles. The number of nitrogens with zero attached hydrogens (tertiary/aromatic N) is 5. The maximum Gasteiger partial charge on any atom is 0.261 e. The van der Waals surface area contributed by atoms with Crippen molar-refractivity contribution >= 4 is 17.6 Å². The van der Waals surface area contributed by atoms with E-state index in [1.807, 2.05) is 24.3 Å². The van der Waals surface area contributed by atoms with Crippen molar-refractivity contribution in [3.05, 3.63) is 76.6 Å². The molecule has 0 aliphatic carbocycles. The Bertz CT molecular complexity index is 1100. The number of imide groups is 1. The first-order valence-electron chi connectivity index (χ1n) is 10.3. The van der Waals surface area contributed by atoms with Gasteiger partial charge in [-0.1, -0.05) is 50.2 Å². The second-order valence-corrected chi connectivity index (χ2v) is 7.65. The first-order valence-corrected chi connectivity index (χ1v) is 10.3. The number of amides is 2. The zero-order chi connectivity index (χ0) is 22.0. The van der Waals surface area contributed by atoms with Gasteiger partial charge in [0.15, 0.2) is 11.6 Å². The first-order chi connectivity index (χ1) is 15.0. The zero-order valence-corrected chi connectivity index (χ0v) is 17.5. The van der Waals surface area contributed by atoms with Gasteiger partial charge < -0.3 is 0 Å². The lowest BCUT2D eigenvalue weighted by Gasteiger charge is -2.11. The molecule has 3 aromatic rings.